The van der Waals surface area contributed by atoms with Crippen molar-refractivity contribution in [1.29, 1.82) is 0 Å². The van der Waals surface area contributed by atoms with Gasteiger partial charge >= 0.3 is 0 Å². The molecule has 0 saturated carbocycles. The minimum Gasteiger partial charge on any atom is -0.315 e. The van der Waals surface area contributed by atoms with Gasteiger partial charge in [-0.15, -0.1) is 12.4 Å². The second-order valence-electron chi connectivity index (χ2n) is 2.58. The van der Waals surface area contributed by atoms with Crippen LogP contribution in [-0.2, 0) is 10.0 Å². The Kier molecular flexibility index (Phi) is 4.31. The van der Waals surface area contributed by atoms with Crippen LogP contribution in [0, 0.1) is 0 Å². The van der Waals surface area contributed by atoms with Gasteiger partial charge in [-0.25, -0.2) is 13.1 Å². The zero-order valence-electron chi connectivity index (χ0n) is 6.33. The lowest BCUT2D eigenvalue weighted by atomic mass is 10.3. The number of hydrogen-bond acceptors (Lipinski definition) is 3. The van der Waals surface area contributed by atoms with Gasteiger partial charge in [0.15, 0.2) is 0 Å². The van der Waals surface area contributed by atoms with E-state index >= 15 is 0 Å². The van der Waals surface area contributed by atoms with E-state index in [4.69, 9.17) is 0 Å². The van der Waals surface area contributed by atoms with E-state index in [-0.39, 0.29) is 18.4 Å². The van der Waals surface area contributed by atoms with E-state index in [9.17, 15) is 8.42 Å². The van der Waals surface area contributed by atoms with E-state index in [0.717, 1.165) is 19.5 Å². The van der Waals surface area contributed by atoms with Crippen molar-refractivity contribution in [2.24, 2.45) is 0 Å². The summed E-state index contributed by atoms with van der Waals surface area (Å²) in [6.45, 7) is 1.67. The second kappa shape index (κ2) is 4.25. The molecule has 2 N–H and O–H groups in total. The SMILES string of the molecule is CS(=O)(=O)N[C@H]1CCNC1.Cl. The van der Waals surface area contributed by atoms with E-state index in [1.807, 2.05) is 0 Å². The van der Waals surface area contributed by atoms with Gasteiger partial charge in [0, 0.05) is 12.6 Å². The van der Waals surface area contributed by atoms with Gasteiger partial charge in [-0.1, -0.05) is 0 Å². The molecule has 1 atom stereocenters. The second-order valence-corrected chi connectivity index (χ2v) is 4.36. The van der Waals surface area contributed by atoms with Crippen LogP contribution in [-0.4, -0.2) is 33.8 Å². The van der Waals surface area contributed by atoms with E-state index in [2.05, 4.69) is 10.0 Å². The predicted molar refractivity (Wildman–Crippen MR) is 46.5 cm³/mol. The van der Waals surface area contributed by atoms with Crippen molar-refractivity contribution >= 4 is 22.4 Å². The Balaban J connectivity index is 0.000001000. The molecule has 0 bridgehead atoms. The molecule has 68 valence electrons. The van der Waals surface area contributed by atoms with Crippen LogP contribution in [0.5, 0.6) is 0 Å². The van der Waals surface area contributed by atoms with Gasteiger partial charge in [-0.3, -0.25) is 0 Å². The third kappa shape index (κ3) is 4.58. The topological polar surface area (TPSA) is 58.2 Å². The predicted octanol–water partition coefficient (Wildman–Crippen LogP) is -0.681. The van der Waals surface area contributed by atoms with Crippen molar-refractivity contribution in [3.8, 4) is 0 Å². The summed E-state index contributed by atoms with van der Waals surface area (Å²) in [6.07, 6.45) is 2.08. The lowest BCUT2D eigenvalue weighted by Crippen LogP contribution is -2.35. The Bertz CT molecular complexity index is 199. The van der Waals surface area contributed by atoms with Crippen molar-refractivity contribution in [2.45, 2.75) is 12.5 Å². The Hall–Kier alpha value is 0.160. The van der Waals surface area contributed by atoms with Crippen LogP contribution in [0.15, 0.2) is 0 Å². The molecule has 0 unspecified atom stereocenters. The molecule has 0 radical (unpaired) electrons. The monoisotopic (exact) mass is 200 g/mol. The molecular weight excluding hydrogens is 188 g/mol. The average Bonchev–Trinajstić information content (AvgIpc) is 2.12. The van der Waals surface area contributed by atoms with Crippen molar-refractivity contribution in [2.75, 3.05) is 19.3 Å². The normalized spacial score (nSPS) is 24.6. The van der Waals surface area contributed by atoms with Gasteiger partial charge in [-0.2, -0.15) is 0 Å². The van der Waals surface area contributed by atoms with Crippen LogP contribution in [0.1, 0.15) is 6.42 Å². The molecule has 1 saturated heterocycles. The Morgan fingerprint density at radius 1 is 1.55 bits per heavy atom. The summed E-state index contributed by atoms with van der Waals surface area (Å²) in [5, 5.41) is 3.07. The summed E-state index contributed by atoms with van der Waals surface area (Å²) in [5.74, 6) is 0. The maximum atomic E-state index is 10.6. The summed E-state index contributed by atoms with van der Waals surface area (Å²) in [7, 11) is -3.00. The molecule has 0 aromatic heterocycles. The summed E-state index contributed by atoms with van der Waals surface area (Å²) in [5.41, 5.74) is 0. The number of hydrogen-bond donors (Lipinski definition) is 2. The van der Waals surface area contributed by atoms with Gasteiger partial charge in [0.05, 0.1) is 6.26 Å². The molecule has 4 nitrogen and oxygen atoms in total. The average molecular weight is 201 g/mol. The minimum absolute atomic E-state index is 0. The molecule has 0 aliphatic carbocycles. The summed E-state index contributed by atoms with van der Waals surface area (Å²) >= 11 is 0. The lowest BCUT2D eigenvalue weighted by Gasteiger charge is -2.07. The third-order valence-corrected chi connectivity index (χ3v) is 2.20. The van der Waals surface area contributed by atoms with E-state index in [1.54, 1.807) is 0 Å². The van der Waals surface area contributed by atoms with Crippen LogP contribution < -0.4 is 10.0 Å². The quantitative estimate of drug-likeness (QED) is 0.621. The lowest BCUT2D eigenvalue weighted by molar-refractivity contribution is 0.566. The fourth-order valence-electron chi connectivity index (χ4n) is 1.06. The van der Waals surface area contributed by atoms with Gasteiger partial charge in [0.1, 0.15) is 0 Å². The van der Waals surface area contributed by atoms with Gasteiger partial charge in [0.2, 0.25) is 10.0 Å². The first kappa shape index (κ1) is 11.2. The van der Waals surface area contributed by atoms with Crippen LogP contribution in [0.2, 0.25) is 0 Å². The summed E-state index contributed by atoms with van der Waals surface area (Å²) < 4.78 is 23.8. The van der Waals surface area contributed by atoms with Crippen molar-refractivity contribution < 1.29 is 8.42 Å². The highest BCUT2D eigenvalue weighted by atomic mass is 35.5. The maximum Gasteiger partial charge on any atom is 0.208 e. The molecule has 0 amide bonds. The maximum absolute atomic E-state index is 10.6. The first-order chi connectivity index (χ1) is 4.58. The molecule has 0 aromatic rings. The number of nitrogens with one attached hydrogen (secondary N) is 2. The molecule has 1 aliphatic heterocycles. The Labute approximate surface area is 73.2 Å². The summed E-state index contributed by atoms with van der Waals surface area (Å²) in [6, 6.07) is 0.106. The van der Waals surface area contributed by atoms with Crippen LogP contribution in [0.4, 0.5) is 0 Å². The van der Waals surface area contributed by atoms with Crippen LogP contribution >= 0.6 is 12.4 Å². The van der Waals surface area contributed by atoms with E-state index < -0.39 is 10.0 Å². The highest BCUT2D eigenvalue weighted by Gasteiger charge is 2.17. The smallest absolute Gasteiger partial charge is 0.208 e. The van der Waals surface area contributed by atoms with Crippen molar-refractivity contribution in [3.05, 3.63) is 0 Å². The standard InChI is InChI=1S/C5H12N2O2S.ClH/c1-10(8,9)7-5-2-3-6-4-5;/h5-7H,2-4H2,1H3;1H/t5-;/m0./s1. The molecule has 1 aliphatic rings. The molecule has 1 heterocycles. The largest absolute Gasteiger partial charge is 0.315 e. The van der Waals surface area contributed by atoms with Crippen LogP contribution in [0.3, 0.4) is 0 Å². The van der Waals surface area contributed by atoms with E-state index in [1.165, 1.54) is 6.26 Å². The molecule has 1 rings (SSSR count). The molecule has 0 aromatic carbocycles. The highest BCUT2D eigenvalue weighted by molar-refractivity contribution is 7.88. The number of rotatable bonds is 2. The van der Waals surface area contributed by atoms with E-state index in [0.29, 0.717) is 0 Å². The fourth-order valence-corrected chi connectivity index (χ4v) is 1.86. The van der Waals surface area contributed by atoms with Gasteiger partial charge in [0.25, 0.3) is 0 Å². The van der Waals surface area contributed by atoms with Gasteiger partial charge < -0.3 is 5.32 Å². The zero-order chi connectivity index (χ0) is 7.61. The van der Waals surface area contributed by atoms with Crippen LogP contribution in [0.25, 0.3) is 0 Å². The molecule has 1 fully saturated rings. The Morgan fingerprint density at radius 3 is 2.55 bits per heavy atom. The highest BCUT2D eigenvalue weighted by Crippen LogP contribution is 1.97. The minimum atomic E-state index is -3.00. The van der Waals surface area contributed by atoms with Crippen molar-refractivity contribution in [1.82, 2.24) is 10.0 Å². The van der Waals surface area contributed by atoms with Crippen molar-refractivity contribution in [3.63, 3.8) is 0 Å². The first-order valence-electron chi connectivity index (χ1n) is 3.26. The molecule has 0 spiro atoms. The molecular formula is C5H13ClN2O2S. The first-order valence-corrected chi connectivity index (χ1v) is 5.15. The molecule has 11 heavy (non-hydrogen) atoms. The third-order valence-electron chi connectivity index (χ3n) is 1.44. The number of sulfonamides is 1. The summed E-state index contributed by atoms with van der Waals surface area (Å²) in [4.78, 5) is 0. The fraction of sp³-hybridized carbons (Fsp3) is 1.00. The Morgan fingerprint density at radius 2 is 2.18 bits per heavy atom. The molecule has 6 heteroatoms. The number of halogens is 1. The van der Waals surface area contributed by atoms with Gasteiger partial charge in [-0.05, 0) is 13.0 Å². The zero-order valence-corrected chi connectivity index (χ0v) is 7.96.